The lowest BCUT2D eigenvalue weighted by Gasteiger charge is -2.45. The molecule has 1 saturated heterocycles. The molecule has 5 nitrogen and oxygen atoms in total. The van der Waals surface area contributed by atoms with Crippen molar-refractivity contribution in [2.75, 3.05) is 12.9 Å². The Morgan fingerprint density at radius 3 is 2.17 bits per heavy atom. The molecule has 0 unspecified atom stereocenters. The molecule has 1 aliphatic heterocycles. The van der Waals surface area contributed by atoms with Crippen LogP contribution in [0.4, 0.5) is 4.79 Å². The molecule has 0 bridgehead atoms. The number of amides is 1. The molecule has 12 heavy (non-hydrogen) atoms. The van der Waals surface area contributed by atoms with Crippen LogP contribution >= 0.6 is 0 Å². The van der Waals surface area contributed by atoms with E-state index in [1.807, 2.05) is 0 Å². The largest absolute Gasteiger partial charge is 0.452 e. The second-order valence-corrected chi connectivity index (χ2v) is 5.12. The van der Waals surface area contributed by atoms with Crippen LogP contribution < -0.4 is 0 Å². The van der Waals surface area contributed by atoms with Crippen molar-refractivity contribution in [1.82, 2.24) is 4.31 Å². The maximum absolute atomic E-state index is 11.1. The van der Waals surface area contributed by atoms with Gasteiger partial charge in [0.1, 0.15) is 0 Å². The van der Waals surface area contributed by atoms with Gasteiger partial charge in [-0.15, -0.1) is 0 Å². The lowest BCUT2D eigenvalue weighted by molar-refractivity contribution is 0.114. The third kappa shape index (κ3) is 1.16. The molecular formula is C6H11NO4S. The summed E-state index contributed by atoms with van der Waals surface area (Å²) in [5.74, 6) is -0.00486. The third-order valence-electron chi connectivity index (χ3n) is 1.70. The molecule has 0 aromatic heterocycles. The predicted molar refractivity (Wildman–Crippen MR) is 42.1 cm³/mol. The van der Waals surface area contributed by atoms with Gasteiger partial charge in [-0.05, 0) is 13.8 Å². The van der Waals surface area contributed by atoms with Crippen molar-refractivity contribution in [3.8, 4) is 0 Å². The second-order valence-electron chi connectivity index (χ2n) is 3.30. The number of methoxy groups -OCH3 is 1. The van der Waals surface area contributed by atoms with Gasteiger partial charge in [-0.1, -0.05) is 0 Å². The summed E-state index contributed by atoms with van der Waals surface area (Å²) in [7, 11) is -2.22. The first-order valence-electron chi connectivity index (χ1n) is 3.42. The van der Waals surface area contributed by atoms with E-state index in [9.17, 15) is 13.2 Å². The minimum Gasteiger partial charge on any atom is -0.452 e. The molecule has 0 N–H and O–H groups in total. The molecule has 0 saturated carbocycles. The molecule has 0 aliphatic carbocycles. The Morgan fingerprint density at radius 2 is 2.00 bits per heavy atom. The van der Waals surface area contributed by atoms with Crippen molar-refractivity contribution < 1.29 is 17.9 Å². The number of ether oxygens (including phenoxy) is 1. The van der Waals surface area contributed by atoms with E-state index in [0.717, 1.165) is 11.4 Å². The average Bonchev–Trinajstić information content (AvgIpc) is 1.82. The molecule has 6 heteroatoms. The van der Waals surface area contributed by atoms with Gasteiger partial charge in [0.2, 0.25) is 10.0 Å². The number of carbonyl (C=O) groups excluding carboxylic acids is 1. The van der Waals surface area contributed by atoms with Crippen molar-refractivity contribution in [3.05, 3.63) is 0 Å². The molecule has 1 rings (SSSR count). The van der Waals surface area contributed by atoms with Crippen LogP contribution in [0.15, 0.2) is 0 Å². The number of hydrogen-bond acceptors (Lipinski definition) is 4. The van der Waals surface area contributed by atoms with Crippen LogP contribution in [0, 0.1) is 0 Å². The van der Waals surface area contributed by atoms with Gasteiger partial charge in [0.25, 0.3) is 0 Å². The maximum atomic E-state index is 11.1. The Morgan fingerprint density at radius 1 is 1.50 bits per heavy atom. The highest BCUT2D eigenvalue weighted by Gasteiger charge is 2.53. The Bertz CT molecular complexity index is 306. The molecule has 1 heterocycles. The Labute approximate surface area is 71.4 Å². The number of carbonyl (C=O) groups is 1. The first kappa shape index (κ1) is 9.31. The molecule has 1 amide bonds. The minimum atomic E-state index is -3.38. The van der Waals surface area contributed by atoms with Crippen molar-refractivity contribution in [3.63, 3.8) is 0 Å². The second kappa shape index (κ2) is 2.35. The Hall–Kier alpha value is -0.780. The van der Waals surface area contributed by atoms with Gasteiger partial charge in [0.15, 0.2) is 0 Å². The average molecular weight is 193 g/mol. The number of sulfonamides is 1. The Balaban J connectivity index is 2.94. The first-order valence-corrected chi connectivity index (χ1v) is 5.03. The lowest BCUT2D eigenvalue weighted by Crippen LogP contribution is -2.65. The fraction of sp³-hybridized carbons (Fsp3) is 0.833. The minimum absolute atomic E-state index is 0.00486. The van der Waals surface area contributed by atoms with E-state index in [0.29, 0.717) is 0 Å². The van der Waals surface area contributed by atoms with E-state index in [4.69, 9.17) is 0 Å². The molecule has 1 fully saturated rings. The highest BCUT2D eigenvalue weighted by Crippen LogP contribution is 2.32. The normalized spacial score (nSPS) is 24.4. The third-order valence-corrected chi connectivity index (χ3v) is 3.97. The van der Waals surface area contributed by atoms with Gasteiger partial charge in [0, 0.05) is 0 Å². The van der Waals surface area contributed by atoms with Crippen LogP contribution in [-0.2, 0) is 14.8 Å². The Kier molecular flexibility index (Phi) is 1.82. The molecule has 0 spiro atoms. The molecular weight excluding hydrogens is 182 g/mol. The predicted octanol–water partition coefficient (Wildman–Crippen LogP) is 0.177. The van der Waals surface area contributed by atoms with Crippen LogP contribution in [0.2, 0.25) is 0 Å². The number of nitrogens with zero attached hydrogens (tertiary/aromatic N) is 1. The highest BCUT2D eigenvalue weighted by molar-refractivity contribution is 7.91. The summed E-state index contributed by atoms with van der Waals surface area (Å²) < 4.78 is 27.2. The van der Waals surface area contributed by atoms with Crippen LogP contribution in [0.25, 0.3) is 0 Å². The zero-order chi connectivity index (χ0) is 9.57. The van der Waals surface area contributed by atoms with E-state index < -0.39 is 21.7 Å². The van der Waals surface area contributed by atoms with Crippen molar-refractivity contribution in [2.45, 2.75) is 19.4 Å². The fourth-order valence-corrected chi connectivity index (χ4v) is 3.38. The van der Waals surface area contributed by atoms with Crippen molar-refractivity contribution >= 4 is 16.1 Å². The van der Waals surface area contributed by atoms with Crippen LogP contribution in [-0.4, -0.2) is 37.2 Å². The maximum Gasteiger partial charge on any atom is 0.423 e. The highest BCUT2D eigenvalue weighted by atomic mass is 32.2. The smallest absolute Gasteiger partial charge is 0.423 e. The van der Waals surface area contributed by atoms with Crippen molar-refractivity contribution in [1.29, 1.82) is 0 Å². The summed E-state index contributed by atoms with van der Waals surface area (Å²) >= 11 is 0. The summed E-state index contributed by atoms with van der Waals surface area (Å²) in [4.78, 5) is 10.9. The summed E-state index contributed by atoms with van der Waals surface area (Å²) in [6.45, 7) is 3.34. The molecule has 70 valence electrons. The van der Waals surface area contributed by atoms with E-state index in [1.54, 1.807) is 13.8 Å². The zero-order valence-electron chi connectivity index (χ0n) is 7.20. The number of rotatable bonds is 0. The van der Waals surface area contributed by atoms with Gasteiger partial charge in [0.05, 0.1) is 18.4 Å². The quantitative estimate of drug-likeness (QED) is 0.550. The van der Waals surface area contributed by atoms with E-state index in [-0.39, 0.29) is 5.75 Å². The van der Waals surface area contributed by atoms with Gasteiger partial charge in [-0.2, -0.15) is 4.31 Å². The standard InChI is InChI=1S/C6H11NO4S/c1-6(2)4-12(9,10)7(6)5(8)11-3/h4H2,1-3H3. The summed E-state index contributed by atoms with van der Waals surface area (Å²) in [6.07, 6.45) is -0.814. The SMILES string of the molecule is COC(=O)N1C(C)(C)CS1(=O)=O. The summed E-state index contributed by atoms with van der Waals surface area (Å²) in [5, 5.41) is 0. The molecule has 0 aromatic carbocycles. The van der Waals surface area contributed by atoms with Crippen LogP contribution in [0.3, 0.4) is 0 Å². The molecule has 0 aromatic rings. The molecule has 0 radical (unpaired) electrons. The zero-order valence-corrected chi connectivity index (χ0v) is 8.01. The van der Waals surface area contributed by atoms with Crippen molar-refractivity contribution in [2.24, 2.45) is 0 Å². The van der Waals surface area contributed by atoms with E-state index in [2.05, 4.69) is 4.74 Å². The van der Waals surface area contributed by atoms with Gasteiger partial charge < -0.3 is 4.74 Å². The van der Waals surface area contributed by atoms with Crippen LogP contribution in [0.1, 0.15) is 13.8 Å². The molecule has 1 aliphatic rings. The van der Waals surface area contributed by atoms with E-state index in [1.165, 1.54) is 0 Å². The van der Waals surface area contributed by atoms with E-state index >= 15 is 0 Å². The number of hydrogen-bond donors (Lipinski definition) is 0. The van der Waals surface area contributed by atoms with Gasteiger partial charge in [-0.25, -0.2) is 13.2 Å². The molecule has 0 atom stereocenters. The summed E-state index contributed by atoms with van der Waals surface area (Å²) in [5.41, 5.74) is -0.633. The fourth-order valence-electron chi connectivity index (χ4n) is 1.32. The van der Waals surface area contributed by atoms with Crippen LogP contribution in [0.5, 0.6) is 0 Å². The van der Waals surface area contributed by atoms with Gasteiger partial charge >= 0.3 is 6.09 Å². The monoisotopic (exact) mass is 193 g/mol. The van der Waals surface area contributed by atoms with Gasteiger partial charge in [-0.3, -0.25) is 0 Å². The topological polar surface area (TPSA) is 63.7 Å². The lowest BCUT2D eigenvalue weighted by atomic mass is 10.1. The summed E-state index contributed by atoms with van der Waals surface area (Å²) in [6, 6.07) is 0. The first-order chi connectivity index (χ1) is 5.31.